The highest BCUT2D eigenvalue weighted by Gasteiger charge is 2.12. The van der Waals surface area contributed by atoms with Crippen LogP contribution >= 0.6 is 0 Å². The maximum Gasteiger partial charge on any atom is 0.0983 e. The third kappa shape index (κ3) is 17.0. The third-order valence-electron chi connectivity index (χ3n) is 3.45. The summed E-state index contributed by atoms with van der Waals surface area (Å²) in [5.74, 6) is -1.25. The Hall–Kier alpha value is -2.21. The second-order valence-corrected chi connectivity index (χ2v) is 5.90. The summed E-state index contributed by atoms with van der Waals surface area (Å²) in [6, 6.07) is 0. The van der Waals surface area contributed by atoms with Crippen molar-refractivity contribution >= 4 is 5.97 Å². The largest absolute Gasteiger partial charge is 0.550 e. The van der Waals surface area contributed by atoms with Gasteiger partial charge in [0, 0.05) is 5.97 Å². The van der Waals surface area contributed by atoms with E-state index in [-0.39, 0.29) is 12.8 Å². The lowest BCUT2D eigenvalue weighted by Crippen LogP contribution is -2.28. The van der Waals surface area contributed by atoms with Crippen molar-refractivity contribution in [3.05, 3.63) is 72.9 Å². The van der Waals surface area contributed by atoms with Crippen molar-refractivity contribution in [1.29, 1.82) is 0 Å². The van der Waals surface area contributed by atoms with Gasteiger partial charge in [-0.2, -0.15) is 0 Å². The normalized spacial score (nSPS) is 16.6. The standard InChI is InChI=1S/C22H32O5/c1-2-3-11-14-19(23)15-12-9-7-5-4-6-8-10-13-16-20(24)21(25)17-18-22(26)27/h3-4,6-13,15-16,19-21,23-25H,2,5,14,17-18H2,1H3,(H,26,27)/p-1/b6-4-,9-7-,10-8+,11-3-,15-12+,16-13+/t19-,20+,21-/m0/s1. The SMILES string of the molecule is CC/C=C\C[C@H](O)/C=C/C=C\C\C=C/C=C/C=C/[C@@H](O)[C@@H](O)CCC(=O)[O-]. The fraction of sp³-hybridized carbons (Fsp3) is 0.409. The fourth-order valence-electron chi connectivity index (χ4n) is 1.94. The highest BCUT2D eigenvalue weighted by molar-refractivity contribution is 5.64. The molecule has 0 saturated carbocycles. The minimum atomic E-state index is -1.25. The number of carbonyl (C=O) groups is 1. The average molecular weight is 375 g/mol. The van der Waals surface area contributed by atoms with Crippen LogP contribution in [0, 0.1) is 0 Å². The van der Waals surface area contributed by atoms with Crippen molar-refractivity contribution in [3.8, 4) is 0 Å². The van der Waals surface area contributed by atoms with Crippen LogP contribution in [0.3, 0.4) is 0 Å². The molecule has 0 aliphatic rings. The Morgan fingerprint density at radius 2 is 1.52 bits per heavy atom. The van der Waals surface area contributed by atoms with Crippen molar-refractivity contribution < 1.29 is 25.2 Å². The van der Waals surface area contributed by atoms with Crippen LogP contribution in [0.1, 0.15) is 39.0 Å². The molecule has 0 aliphatic heterocycles. The molecule has 5 nitrogen and oxygen atoms in total. The average Bonchev–Trinajstić information content (AvgIpc) is 2.64. The van der Waals surface area contributed by atoms with Gasteiger partial charge in [-0.25, -0.2) is 0 Å². The van der Waals surface area contributed by atoms with Gasteiger partial charge in [0.05, 0.1) is 18.3 Å². The number of aliphatic hydroxyl groups is 3. The van der Waals surface area contributed by atoms with Crippen LogP contribution in [-0.2, 0) is 4.79 Å². The maximum absolute atomic E-state index is 10.3. The first-order valence-corrected chi connectivity index (χ1v) is 9.19. The van der Waals surface area contributed by atoms with Gasteiger partial charge >= 0.3 is 0 Å². The van der Waals surface area contributed by atoms with Gasteiger partial charge in [-0.15, -0.1) is 0 Å². The molecule has 3 N–H and O–H groups in total. The fourth-order valence-corrected chi connectivity index (χ4v) is 1.94. The van der Waals surface area contributed by atoms with E-state index in [2.05, 4.69) is 6.92 Å². The van der Waals surface area contributed by atoms with Gasteiger partial charge < -0.3 is 25.2 Å². The molecule has 0 bridgehead atoms. The zero-order valence-corrected chi connectivity index (χ0v) is 15.9. The number of aliphatic hydroxyl groups excluding tert-OH is 3. The summed E-state index contributed by atoms with van der Waals surface area (Å²) < 4.78 is 0. The second kappa shape index (κ2) is 17.2. The first-order chi connectivity index (χ1) is 13.0. The van der Waals surface area contributed by atoms with Crippen LogP contribution < -0.4 is 5.11 Å². The van der Waals surface area contributed by atoms with Crippen molar-refractivity contribution in [2.45, 2.75) is 57.3 Å². The van der Waals surface area contributed by atoms with Gasteiger partial charge in [0.2, 0.25) is 0 Å². The number of carboxylic acids is 1. The lowest BCUT2D eigenvalue weighted by molar-refractivity contribution is -0.306. The number of aliphatic carboxylic acids is 1. The van der Waals surface area contributed by atoms with E-state index in [0.717, 1.165) is 12.8 Å². The van der Waals surface area contributed by atoms with Crippen LogP contribution in [0.15, 0.2) is 72.9 Å². The molecule has 0 aromatic heterocycles. The predicted octanol–water partition coefficient (Wildman–Crippen LogP) is 2.13. The predicted molar refractivity (Wildman–Crippen MR) is 107 cm³/mol. The van der Waals surface area contributed by atoms with Crippen LogP contribution in [0.2, 0.25) is 0 Å². The first kappa shape index (κ1) is 24.8. The zero-order valence-electron chi connectivity index (χ0n) is 15.9. The molecule has 0 amide bonds. The molecule has 3 atom stereocenters. The van der Waals surface area contributed by atoms with Crippen molar-refractivity contribution in [1.82, 2.24) is 0 Å². The first-order valence-electron chi connectivity index (χ1n) is 9.19. The van der Waals surface area contributed by atoms with Gasteiger partial charge in [-0.3, -0.25) is 0 Å². The smallest absolute Gasteiger partial charge is 0.0983 e. The third-order valence-corrected chi connectivity index (χ3v) is 3.45. The summed E-state index contributed by atoms with van der Waals surface area (Å²) >= 11 is 0. The van der Waals surface area contributed by atoms with E-state index in [9.17, 15) is 25.2 Å². The summed E-state index contributed by atoms with van der Waals surface area (Å²) in [5.41, 5.74) is 0. The summed E-state index contributed by atoms with van der Waals surface area (Å²) in [7, 11) is 0. The number of carbonyl (C=O) groups excluding carboxylic acids is 1. The summed E-state index contributed by atoms with van der Waals surface area (Å²) in [4.78, 5) is 10.3. The molecule has 0 heterocycles. The lowest BCUT2D eigenvalue weighted by Gasteiger charge is -2.14. The van der Waals surface area contributed by atoms with Gasteiger partial charge in [-0.1, -0.05) is 79.8 Å². The number of hydrogen-bond donors (Lipinski definition) is 3. The Kier molecular flexibility index (Phi) is 15.8. The Morgan fingerprint density at radius 1 is 0.889 bits per heavy atom. The van der Waals surface area contributed by atoms with Crippen molar-refractivity contribution in [2.24, 2.45) is 0 Å². The van der Waals surface area contributed by atoms with Crippen LogP contribution in [0.25, 0.3) is 0 Å². The molecular formula is C22H31O5-. The minimum absolute atomic E-state index is 0.0509. The quantitative estimate of drug-likeness (QED) is 0.319. The van der Waals surface area contributed by atoms with Crippen LogP contribution in [0.5, 0.6) is 0 Å². The number of rotatable bonds is 14. The molecule has 5 heteroatoms. The Bertz CT molecular complexity index is 555. The van der Waals surface area contributed by atoms with E-state index in [0.29, 0.717) is 6.42 Å². The molecule has 0 aliphatic carbocycles. The number of carboxylic acid groups (broad SMARTS) is 1. The lowest BCUT2D eigenvalue weighted by atomic mass is 10.1. The topological polar surface area (TPSA) is 101 Å². The minimum Gasteiger partial charge on any atom is -0.550 e. The molecule has 0 aromatic carbocycles. The summed E-state index contributed by atoms with van der Waals surface area (Å²) in [5, 5.41) is 39.1. The zero-order chi connectivity index (χ0) is 20.3. The van der Waals surface area contributed by atoms with E-state index in [1.807, 2.05) is 42.5 Å². The van der Waals surface area contributed by atoms with E-state index in [1.54, 1.807) is 24.3 Å². The maximum atomic E-state index is 10.3. The van der Waals surface area contributed by atoms with E-state index in [1.165, 1.54) is 6.08 Å². The highest BCUT2D eigenvalue weighted by atomic mass is 16.4. The Morgan fingerprint density at radius 3 is 2.19 bits per heavy atom. The van der Waals surface area contributed by atoms with Gasteiger partial charge in [-0.05, 0) is 32.1 Å². The second-order valence-electron chi connectivity index (χ2n) is 5.90. The van der Waals surface area contributed by atoms with Gasteiger partial charge in [0.25, 0.3) is 0 Å². The molecule has 0 rings (SSSR count). The molecule has 0 radical (unpaired) electrons. The van der Waals surface area contributed by atoms with Crippen LogP contribution in [-0.4, -0.2) is 39.6 Å². The number of hydrogen-bond acceptors (Lipinski definition) is 5. The summed E-state index contributed by atoms with van der Waals surface area (Å²) in [6.45, 7) is 2.05. The molecule has 0 unspecified atom stereocenters. The molecule has 0 saturated heterocycles. The number of allylic oxidation sites excluding steroid dienone is 9. The molecule has 27 heavy (non-hydrogen) atoms. The summed E-state index contributed by atoms with van der Waals surface area (Å²) in [6.07, 6.45) is 21.0. The van der Waals surface area contributed by atoms with Crippen LogP contribution in [0.4, 0.5) is 0 Å². The van der Waals surface area contributed by atoms with E-state index >= 15 is 0 Å². The van der Waals surface area contributed by atoms with E-state index < -0.39 is 24.3 Å². The van der Waals surface area contributed by atoms with E-state index in [4.69, 9.17) is 0 Å². The highest BCUT2D eigenvalue weighted by Crippen LogP contribution is 2.03. The van der Waals surface area contributed by atoms with Crippen molar-refractivity contribution in [3.63, 3.8) is 0 Å². The van der Waals surface area contributed by atoms with Crippen molar-refractivity contribution in [2.75, 3.05) is 0 Å². The Balaban J connectivity index is 3.98. The molecule has 0 aromatic rings. The Labute approximate surface area is 162 Å². The van der Waals surface area contributed by atoms with Gasteiger partial charge in [0.15, 0.2) is 0 Å². The molecule has 150 valence electrons. The molecule has 0 fully saturated rings. The monoisotopic (exact) mass is 375 g/mol. The van der Waals surface area contributed by atoms with Gasteiger partial charge in [0.1, 0.15) is 0 Å². The molecule has 0 spiro atoms. The molecular weight excluding hydrogens is 344 g/mol.